The molecule has 1 aliphatic heterocycles. The van der Waals surface area contributed by atoms with Crippen molar-refractivity contribution in [2.45, 2.75) is 38.0 Å². The molecule has 1 saturated carbocycles. The van der Waals surface area contributed by atoms with E-state index in [0.29, 0.717) is 6.04 Å². The molecule has 2 aliphatic rings. The van der Waals surface area contributed by atoms with Gasteiger partial charge in [-0.15, -0.1) is 0 Å². The van der Waals surface area contributed by atoms with Gasteiger partial charge in [0.1, 0.15) is 0 Å². The smallest absolute Gasteiger partial charge is 0.0880 e. The Morgan fingerprint density at radius 2 is 2.35 bits per heavy atom. The maximum atomic E-state index is 10.0. The van der Waals surface area contributed by atoms with E-state index in [1.807, 2.05) is 0 Å². The molecular weight excluding hydrogens is 238 g/mol. The first kappa shape index (κ1) is 11.5. The normalized spacial score (nSPS) is 31.4. The topological polar surface area (TPSA) is 67.3 Å². The summed E-state index contributed by atoms with van der Waals surface area (Å²) in [6.45, 7) is 2.29. The molecule has 0 radical (unpaired) electrons. The molecule has 1 saturated heterocycles. The lowest BCUT2D eigenvalue weighted by Crippen LogP contribution is -2.64. The summed E-state index contributed by atoms with van der Waals surface area (Å²) in [4.78, 5) is 0. The lowest BCUT2D eigenvalue weighted by Gasteiger charge is -2.55. The van der Waals surface area contributed by atoms with Gasteiger partial charge in [0.15, 0.2) is 0 Å². The van der Waals surface area contributed by atoms with Crippen LogP contribution >= 0.6 is 11.7 Å². The van der Waals surface area contributed by atoms with Crippen LogP contribution in [-0.2, 0) is 11.3 Å². The van der Waals surface area contributed by atoms with Crippen molar-refractivity contribution < 1.29 is 9.84 Å². The number of aliphatic hydroxyl groups is 1. The van der Waals surface area contributed by atoms with Crippen LogP contribution in [0.5, 0.6) is 0 Å². The van der Waals surface area contributed by atoms with Gasteiger partial charge in [0.2, 0.25) is 0 Å². The van der Waals surface area contributed by atoms with Crippen LogP contribution in [0.2, 0.25) is 0 Å². The second-order valence-electron chi connectivity index (χ2n) is 4.93. The Labute approximate surface area is 105 Å². The third-order valence-corrected chi connectivity index (χ3v) is 4.69. The average molecular weight is 255 g/mol. The Morgan fingerprint density at radius 3 is 3.00 bits per heavy atom. The predicted octanol–water partition coefficient (Wildman–Crippen LogP) is 0.558. The summed E-state index contributed by atoms with van der Waals surface area (Å²) in [5.41, 5.74) is 1.03. The van der Waals surface area contributed by atoms with Gasteiger partial charge in [-0.1, -0.05) is 0 Å². The summed E-state index contributed by atoms with van der Waals surface area (Å²) in [5.74, 6) is 0. The highest BCUT2D eigenvalue weighted by Crippen LogP contribution is 2.48. The van der Waals surface area contributed by atoms with E-state index in [1.165, 1.54) is 11.7 Å². The van der Waals surface area contributed by atoms with Gasteiger partial charge >= 0.3 is 0 Å². The first-order chi connectivity index (χ1) is 8.31. The molecule has 1 aromatic heterocycles. The van der Waals surface area contributed by atoms with Crippen molar-refractivity contribution in [3.63, 3.8) is 0 Å². The third-order valence-electron chi connectivity index (χ3n) is 4.18. The van der Waals surface area contributed by atoms with E-state index in [-0.39, 0.29) is 11.5 Å². The SMILES string of the molecule is O[C@@H]1C[C@@H](NCc2cnsn2)C12CCOCC2. The van der Waals surface area contributed by atoms with Gasteiger partial charge in [0.05, 0.1) is 29.7 Å². The minimum absolute atomic E-state index is 0.0434. The van der Waals surface area contributed by atoms with E-state index in [2.05, 4.69) is 14.1 Å². The molecule has 3 rings (SSSR count). The van der Waals surface area contributed by atoms with E-state index < -0.39 is 0 Å². The predicted molar refractivity (Wildman–Crippen MR) is 63.6 cm³/mol. The Hall–Kier alpha value is -0.560. The second-order valence-corrected chi connectivity index (χ2v) is 5.49. The quantitative estimate of drug-likeness (QED) is 0.826. The molecule has 0 aromatic carbocycles. The van der Waals surface area contributed by atoms with Gasteiger partial charge in [-0.2, -0.15) is 8.75 Å². The molecule has 2 heterocycles. The molecule has 6 heteroatoms. The summed E-state index contributed by atoms with van der Waals surface area (Å²) >= 11 is 1.24. The Kier molecular flexibility index (Phi) is 3.12. The van der Waals surface area contributed by atoms with Gasteiger partial charge in [0.25, 0.3) is 0 Å². The number of aromatic nitrogens is 2. The van der Waals surface area contributed by atoms with E-state index in [0.717, 1.165) is 44.7 Å². The third kappa shape index (κ3) is 1.99. The van der Waals surface area contributed by atoms with Crippen LogP contribution in [0.25, 0.3) is 0 Å². The van der Waals surface area contributed by atoms with Crippen molar-refractivity contribution in [2.75, 3.05) is 13.2 Å². The number of hydrogen-bond acceptors (Lipinski definition) is 6. The van der Waals surface area contributed by atoms with E-state index in [4.69, 9.17) is 4.74 Å². The highest BCUT2D eigenvalue weighted by Gasteiger charge is 2.54. The molecular formula is C11H17N3O2S. The van der Waals surface area contributed by atoms with Crippen molar-refractivity contribution in [1.82, 2.24) is 14.1 Å². The number of aliphatic hydroxyl groups excluding tert-OH is 1. The minimum Gasteiger partial charge on any atom is -0.392 e. The first-order valence-corrected chi connectivity index (χ1v) is 6.80. The van der Waals surface area contributed by atoms with Crippen LogP contribution in [-0.4, -0.2) is 39.2 Å². The fourth-order valence-electron chi connectivity index (χ4n) is 2.97. The first-order valence-electron chi connectivity index (χ1n) is 6.07. The van der Waals surface area contributed by atoms with Crippen LogP contribution in [0.1, 0.15) is 25.0 Å². The van der Waals surface area contributed by atoms with Crippen LogP contribution in [0.4, 0.5) is 0 Å². The average Bonchev–Trinajstić information content (AvgIpc) is 2.88. The molecule has 2 N–H and O–H groups in total. The fraction of sp³-hybridized carbons (Fsp3) is 0.818. The highest BCUT2D eigenvalue weighted by molar-refractivity contribution is 6.99. The second kappa shape index (κ2) is 4.61. The number of nitrogens with zero attached hydrogens (tertiary/aromatic N) is 2. The monoisotopic (exact) mass is 255 g/mol. The fourth-order valence-corrected chi connectivity index (χ4v) is 3.41. The summed E-state index contributed by atoms with van der Waals surface area (Å²) < 4.78 is 13.6. The molecule has 17 heavy (non-hydrogen) atoms. The number of nitrogens with one attached hydrogen (secondary N) is 1. The molecule has 0 amide bonds. The van der Waals surface area contributed by atoms with Crippen molar-refractivity contribution in [2.24, 2.45) is 5.41 Å². The van der Waals surface area contributed by atoms with Crippen molar-refractivity contribution in [3.8, 4) is 0 Å². The van der Waals surface area contributed by atoms with E-state index in [1.54, 1.807) is 6.20 Å². The van der Waals surface area contributed by atoms with Crippen molar-refractivity contribution in [1.29, 1.82) is 0 Å². The van der Waals surface area contributed by atoms with Crippen LogP contribution in [0.3, 0.4) is 0 Å². The molecule has 1 aromatic rings. The van der Waals surface area contributed by atoms with Crippen LogP contribution in [0, 0.1) is 5.41 Å². The number of rotatable bonds is 3. The molecule has 0 unspecified atom stereocenters. The van der Waals surface area contributed by atoms with Crippen molar-refractivity contribution in [3.05, 3.63) is 11.9 Å². The standard InChI is InChI=1S/C11H17N3O2S/c15-10-5-9(11(10)1-3-16-4-2-11)12-6-8-7-13-17-14-8/h7,9-10,12,15H,1-6H2/t9-,10-/m1/s1. The molecule has 1 spiro atoms. The van der Waals surface area contributed by atoms with E-state index in [9.17, 15) is 5.11 Å². The van der Waals surface area contributed by atoms with Gasteiger partial charge in [0, 0.05) is 31.2 Å². The summed E-state index contributed by atoms with van der Waals surface area (Å²) in [5, 5.41) is 13.5. The van der Waals surface area contributed by atoms with Gasteiger partial charge < -0.3 is 15.2 Å². The molecule has 1 aliphatic carbocycles. The van der Waals surface area contributed by atoms with Crippen LogP contribution < -0.4 is 5.32 Å². The zero-order valence-corrected chi connectivity index (χ0v) is 10.4. The molecule has 5 nitrogen and oxygen atoms in total. The highest BCUT2D eigenvalue weighted by atomic mass is 32.1. The van der Waals surface area contributed by atoms with Gasteiger partial charge in [-0.25, -0.2) is 0 Å². The van der Waals surface area contributed by atoms with Crippen molar-refractivity contribution >= 4 is 11.7 Å². The molecule has 2 atom stereocenters. The summed E-state index contributed by atoms with van der Waals surface area (Å²) in [6.07, 6.45) is 4.39. The Morgan fingerprint density at radius 1 is 1.53 bits per heavy atom. The maximum absolute atomic E-state index is 10.0. The Balaban J connectivity index is 1.60. The Bertz CT molecular complexity index is 365. The number of hydrogen-bond donors (Lipinski definition) is 2. The van der Waals surface area contributed by atoms with Crippen LogP contribution in [0.15, 0.2) is 6.20 Å². The summed E-state index contributed by atoms with van der Waals surface area (Å²) in [6, 6.07) is 0.392. The van der Waals surface area contributed by atoms with Gasteiger partial charge in [-0.05, 0) is 19.3 Å². The zero-order chi connectivity index (χ0) is 11.7. The lowest BCUT2D eigenvalue weighted by atomic mass is 9.58. The molecule has 0 bridgehead atoms. The zero-order valence-electron chi connectivity index (χ0n) is 9.63. The molecule has 2 fully saturated rings. The van der Waals surface area contributed by atoms with Gasteiger partial charge in [-0.3, -0.25) is 0 Å². The largest absolute Gasteiger partial charge is 0.392 e. The number of ether oxygens (including phenoxy) is 1. The lowest BCUT2D eigenvalue weighted by molar-refractivity contribution is -0.149. The molecule has 94 valence electrons. The maximum Gasteiger partial charge on any atom is 0.0880 e. The minimum atomic E-state index is -0.169. The van der Waals surface area contributed by atoms with E-state index >= 15 is 0 Å². The summed E-state index contributed by atoms with van der Waals surface area (Å²) in [7, 11) is 0.